The molecule has 1 heterocycles. The molecule has 0 bridgehead atoms. The van der Waals surface area contributed by atoms with Crippen LogP contribution in [0, 0.1) is 5.92 Å². The first kappa shape index (κ1) is 14.3. The molecule has 18 heavy (non-hydrogen) atoms. The molecular weight excluding hydrogens is 224 g/mol. The van der Waals surface area contributed by atoms with Crippen LogP contribution < -0.4 is 5.32 Å². The van der Waals surface area contributed by atoms with Crippen molar-refractivity contribution >= 4 is 0 Å². The van der Waals surface area contributed by atoms with E-state index in [0.717, 1.165) is 19.3 Å². The van der Waals surface area contributed by atoms with Gasteiger partial charge in [-0.15, -0.1) is 0 Å². The molecule has 0 spiro atoms. The maximum absolute atomic E-state index is 5.53. The van der Waals surface area contributed by atoms with E-state index in [4.69, 9.17) is 4.74 Å². The molecule has 2 fully saturated rings. The van der Waals surface area contributed by atoms with Crippen molar-refractivity contribution < 1.29 is 4.74 Å². The first-order valence-corrected chi connectivity index (χ1v) is 7.76. The highest BCUT2D eigenvalue weighted by molar-refractivity contribution is 4.83. The summed E-state index contributed by atoms with van der Waals surface area (Å²) in [5.74, 6) is 0.711. The van der Waals surface area contributed by atoms with Gasteiger partial charge in [-0.25, -0.2) is 0 Å². The molecule has 1 aliphatic carbocycles. The van der Waals surface area contributed by atoms with Gasteiger partial charge >= 0.3 is 0 Å². The Kier molecular flexibility index (Phi) is 5.93. The van der Waals surface area contributed by atoms with Crippen LogP contribution in [0.5, 0.6) is 0 Å². The molecule has 106 valence electrons. The zero-order valence-electron chi connectivity index (χ0n) is 12.2. The van der Waals surface area contributed by atoms with Crippen molar-refractivity contribution in [3.8, 4) is 0 Å². The lowest BCUT2D eigenvalue weighted by Gasteiger charge is -2.32. The summed E-state index contributed by atoms with van der Waals surface area (Å²) in [7, 11) is 4.42. The van der Waals surface area contributed by atoms with Crippen molar-refractivity contribution in [2.45, 2.75) is 57.0 Å². The second-order valence-electron chi connectivity index (χ2n) is 6.10. The van der Waals surface area contributed by atoms with Crippen LogP contribution in [0.25, 0.3) is 0 Å². The van der Waals surface area contributed by atoms with Gasteiger partial charge in [0.2, 0.25) is 0 Å². The molecule has 2 atom stereocenters. The van der Waals surface area contributed by atoms with Crippen molar-refractivity contribution in [1.82, 2.24) is 10.2 Å². The van der Waals surface area contributed by atoms with Gasteiger partial charge in [-0.05, 0) is 33.4 Å². The zero-order valence-corrected chi connectivity index (χ0v) is 12.2. The van der Waals surface area contributed by atoms with Crippen molar-refractivity contribution in [3.05, 3.63) is 0 Å². The fourth-order valence-electron chi connectivity index (χ4n) is 3.50. The summed E-state index contributed by atoms with van der Waals surface area (Å²) in [6.45, 7) is 3.08. The van der Waals surface area contributed by atoms with Crippen molar-refractivity contribution in [3.63, 3.8) is 0 Å². The molecule has 0 aromatic rings. The molecule has 1 aliphatic heterocycles. The number of hydrogen-bond acceptors (Lipinski definition) is 3. The highest BCUT2D eigenvalue weighted by Gasteiger charge is 2.27. The third kappa shape index (κ3) is 3.94. The molecule has 3 heteroatoms. The number of nitrogens with zero attached hydrogens (tertiary/aromatic N) is 1. The summed E-state index contributed by atoms with van der Waals surface area (Å²) in [6, 6.07) is 1.41. The van der Waals surface area contributed by atoms with Crippen LogP contribution in [0.15, 0.2) is 0 Å². The fraction of sp³-hybridized carbons (Fsp3) is 1.00. The van der Waals surface area contributed by atoms with Crippen LogP contribution >= 0.6 is 0 Å². The lowest BCUT2D eigenvalue weighted by molar-refractivity contribution is 0.152. The Labute approximate surface area is 112 Å². The normalized spacial score (nSPS) is 28.5. The number of hydrogen-bond donors (Lipinski definition) is 1. The molecule has 0 aromatic heterocycles. The topological polar surface area (TPSA) is 24.5 Å². The van der Waals surface area contributed by atoms with Crippen LogP contribution in [-0.2, 0) is 4.74 Å². The van der Waals surface area contributed by atoms with Crippen molar-refractivity contribution in [1.29, 1.82) is 0 Å². The van der Waals surface area contributed by atoms with E-state index in [2.05, 4.69) is 24.3 Å². The van der Waals surface area contributed by atoms with E-state index in [1.54, 1.807) is 0 Å². The summed E-state index contributed by atoms with van der Waals surface area (Å²) in [5.41, 5.74) is 0. The smallest absolute Gasteiger partial charge is 0.0510 e. The predicted octanol–water partition coefficient (Wildman–Crippen LogP) is 2.27. The highest BCUT2D eigenvalue weighted by atomic mass is 16.5. The second kappa shape index (κ2) is 7.46. The van der Waals surface area contributed by atoms with Gasteiger partial charge in [0.25, 0.3) is 0 Å². The van der Waals surface area contributed by atoms with Gasteiger partial charge in [0.1, 0.15) is 0 Å². The maximum atomic E-state index is 5.53. The number of ether oxygens (including phenoxy) is 1. The second-order valence-corrected chi connectivity index (χ2v) is 6.10. The third-order valence-corrected chi connectivity index (χ3v) is 4.84. The van der Waals surface area contributed by atoms with Gasteiger partial charge in [-0.2, -0.15) is 0 Å². The van der Waals surface area contributed by atoms with Gasteiger partial charge in [-0.1, -0.05) is 25.7 Å². The molecule has 3 nitrogen and oxygen atoms in total. The Morgan fingerprint density at radius 1 is 1.17 bits per heavy atom. The average Bonchev–Trinajstić information content (AvgIpc) is 2.77. The molecule has 2 aliphatic rings. The fourth-order valence-corrected chi connectivity index (χ4v) is 3.50. The van der Waals surface area contributed by atoms with Gasteiger partial charge in [-0.3, -0.25) is 0 Å². The van der Waals surface area contributed by atoms with E-state index < -0.39 is 0 Å². The van der Waals surface area contributed by atoms with E-state index in [9.17, 15) is 0 Å². The van der Waals surface area contributed by atoms with Gasteiger partial charge in [0, 0.05) is 31.2 Å². The molecule has 1 N–H and O–H groups in total. The minimum Gasteiger partial charge on any atom is -0.381 e. The minimum absolute atomic E-state index is 0.598. The molecular formula is C15H30N2O. The lowest BCUT2D eigenvalue weighted by atomic mass is 9.97. The Balaban J connectivity index is 1.81. The van der Waals surface area contributed by atoms with Crippen LogP contribution in [-0.4, -0.2) is 50.8 Å². The largest absolute Gasteiger partial charge is 0.381 e. The van der Waals surface area contributed by atoms with E-state index >= 15 is 0 Å². The summed E-state index contributed by atoms with van der Waals surface area (Å²) in [6.07, 6.45) is 9.75. The lowest BCUT2D eigenvalue weighted by Crippen LogP contribution is -2.46. The Hall–Kier alpha value is -0.120. The Morgan fingerprint density at radius 3 is 2.44 bits per heavy atom. The van der Waals surface area contributed by atoms with Crippen molar-refractivity contribution in [2.75, 3.05) is 33.9 Å². The van der Waals surface area contributed by atoms with Crippen LogP contribution in [0.4, 0.5) is 0 Å². The molecule has 2 rings (SSSR count). The standard InChI is InChI=1S/C15H30N2O/c1-16-15(13-9-10-18-12-13)11-17(2)14-7-5-3-4-6-8-14/h13-16H,3-12H2,1-2H3. The van der Waals surface area contributed by atoms with E-state index in [-0.39, 0.29) is 0 Å². The molecule has 0 radical (unpaired) electrons. The van der Waals surface area contributed by atoms with Crippen LogP contribution in [0.3, 0.4) is 0 Å². The van der Waals surface area contributed by atoms with E-state index in [1.807, 2.05) is 0 Å². The average molecular weight is 254 g/mol. The van der Waals surface area contributed by atoms with Gasteiger partial charge in [0.15, 0.2) is 0 Å². The van der Waals surface area contributed by atoms with E-state index in [1.165, 1.54) is 51.5 Å². The van der Waals surface area contributed by atoms with Gasteiger partial charge < -0.3 is 15.0 Å². The summed E-state index contributed by atoms with van der Waals surface area (Å²) < 4.78 is 5.53. The maximum Gasteiger partial charge on any atom is 0.0510 e. The van der Waals surface area contributed by atoms with Crippen LogP contribution in [0.1, 0.15) is 44.9 Å². The number of likely N-dealkylation sites (N-methyl/N-ethyl adjacent to an activating group) is 2. The number of rotatable bonds is 5. The first-order chi connectivity index (χ1) is 8.81. The summed E-state index contributed by atoms with van der Waals surface area (Å²) in [4.78, 5) is 2.60. The highest BCUT2D eigenvalue weighted by Crippen LogP contribution is 2.23. The van der Waals surface area contributed by atoms with Gasteiger partial charge in [0.05, 0.1) is 6.61 Å². The Morgan fingerprint density at radius 2 is 1.89 bits per heavy atom. The van der Waals surface area contributed by atoms with E-state index in [0.29, 0.717) is 12.0 Å². The SMILES string of the molecule is CNC(CN(C)C1CCCCCC1)C1CCOC1. The minimum atomic E-state index is 0.598. The molecule has 2 unspecified atom stereocenters. The van der Waals surface area contributed by atoms with Crippen LogP contribution in [0.2, 0.25) is 0 Å². The number of nitrogens with one attached hydrogen (secondary N) is 1. The Bertz CT molecular complexity index is 221. The first-order valence-electron chi connectivity index (χ1n) is 7.76. The summed E-state index contributed by atoms with van der Waals surface area (Å²) in [5, 5.41) is 3.51. The quantitative estimate of drug-likeness (QED) is 0.762. The third-order valence-electron chi connectivity index (χ3n) is 4.84. The van der Waals surface area contributed by atoms with Crippen molar-refractivity contribution in [2.24, 2.45) is 5.92 Å². The molecule has 1 saturated carbocycles. The zero-order chi connectivity index (χ0) is 12.8. The molecule has 0 aromatic carbocycles. The monoisotopic (exact) mass is 254 g/mol. The molecule has 0 amide bonds. The molecule has 1 saturated heterocycles. The summed E-state index contributed by atoms with van der Waals surface area (Å²) >= 11 is 0. The predicted molar refractivity (Wildman–Crippen MR) is 75.9 cm³/mol.